The number of carbonyl (C=O) groups is 1. The first-order valence-corrected chi connectivity index (χ1v) is 7.72. The number of benzene rings is 1. The van der Waals surface area contributed by atoms with E-state index < -0.39 is 35.9 Å². The number of amides is 2. The Morgan fingerprint density at radius 3 is 2.42 bits per heavy atom. The Bertz CT molecular complexity index is 962. The average Bonchev–Trinajstić information content (AvgIpc) is 2.57. The maximum atomic E-state index is 12.6. The van der Waals surface area contributed by atoms with Crippen LogP contribution >= 0.6 is 0 Å². The minimum Gasteiger partial charge on any atom is -0.327 e. The molecule has 2 aromatic rings. The van der Waals surface area contributed by atoms with Crippen molar-refractivity contribution in [1.82, 2.24) is 14.0 Å². The van der Waals surface area contributed by atoms with Crippen LogP contribution in [-0.2, 0) is 14.1 Å². The van der Waals surface area contributed by atoms with Crippen molar-refractivity contribution in [3.63, 3.8) is 0 Å². The van der Waals surface area contributed by atoms with Gasteiger partial charge in [0.2, 0.25) is 0 Å². The summed E-state index contributed by atoms with van der Waals surface area (Å²) in [4.78, 5) is 37.1. The van der Waals surface area contributed by atoms with E-state index >= 15 is 0 Å². The number of nitrogens with zero attached hydrogens (tertiary/aromatic N) is 3. The van der Waals surface area contributed by atoms with Crippen molar-refractivity contribution in [3.8, 4) is 0 Å². The van der Waals surface area contributed by atoms with Crippen molar-refractivity contribution in [2.24, 2.45) is 20.0 Å². The highest BCUT2D eigenvalue weighted by atomic mass is 19.4. The minimum atomic E-state index is -4.39. The Balaban J connectivity index is 2.28. The summed E-state index contributed by atoms with van der Waals surface area (Å²) in [6, 6.07) is 3.60. The number of rotatable bonds is 3. The van der Waals surface area contributed by atoms with Gasteiger partial charge in [-0.1, -0.05) is 6.92 Å². The molecule has 0 aliphatic heterocycles. The van der Waals surface area contributed by atoms with E-state index in [-0.39, 0.29) is 11.1 Å². The fourth-order valence-corrected chi connectivity index (χ4v) is 2.48. The number of hydrogen-bond donors (Lipinski definition) is 1. The second-order valence-electron chi connectivity index (χ2n) is 6.19. The van der Waals surface area contributed by atoms with Crippen LogP contribution < -0.4 is 16.6 Å². The number of aryl methyl sites for hydroxylation is 1. The Morgan fingerprint density at radius 1 is 1.23 bits per heavy atom. The fraction of sp³-hybridized carbons (Fsp3) is 0.438. The highest BCUT2D eigenvalue weighted by Gasteiger charge is 2.37. The molecule has 142 valence electrons. The Hall–Kier alpha value is -2.78. The molecule has 0 aliphatic rings. The Labute approximate surface area is 146 Å². The van der Waals surface area contributed by atoms with Crippen molar-refractivity contribution in [1.29, 1.82) is 0 Å². The predicted octanol–water partition coefficient (Wildman–Crippen LogP) is 1.90. The average molecular weight is 372 g/mol. The standard InChI is InChI=1S/C16H19F3N4O3/c1-9(16(17,18)19)8-21(2)14(25)20-10-5-6-11-12(7-10)22(3)15(26)23(4)13(11)24/h5-7,9H,8H2,1-4H3,(H,20,25). The fourth-order valence-electron chi connectivity index (χ4n) is 2.48. The summed E-state index contributed by atoms with van der Waals surface area (Å²) in [7, 11) is 4.09. The summed E-state index contributed by atoms with van der Waals surface area (Å²) in [5.74, 6) is -1.67. The third-order valence-electron chi connectivity index (χ3n) is 4.17. The molecule has 0 bridgehead atoms. The number of nitrogens with one attached hydrogen (secondary N) is 1. The second kappa shape index (κ2) is 6.85. The van der Waals surface area contributed by atoms with Gasteiger partial charge in [0.1, 0.15) is 0 Å². The molecule has 0 radical (unpaired) electrons. The number of fused-ring (bicyclic) bond motifs is 1. The zero-order valence-corrected chi connectivity index (χ0v) is 14.7. The monoisotopic (exact) mass is 372 g/mol. The highest BCUT2D eigenvalue weighted by Crippen LogP contribution is 2.26. The van der Waals surface area contributed by atoms with E-state index in [0.29, 0.717) is 5.52 Å². The normalized spacial score (nSPS) is 12.9. The molecule has 1 N–H and O–H groups in total. The van der Waals surface area contributed by atoms with Gasteiger partial charge in [0.05, 0.1) is 16.8 Å². The first-order chi connectivity index (χ1) is 11.9. The van der Waals surface area contributed by atoms with Gasteiger partial charge in [0.25, 0.3) is 5.56 Å². The molecule has 1 aromatic carbocycles. The van der Waals surface area contributed by atoms with Gasteiger partial charge >= 0.3 is 17.9 Å². The van der Waals surface area contributed by atoms with Crippen LogP contribution in [0.5, 0.6) is 0 Å². The number of hydrogen-bond acceptors (Lipinski definition) is 3. The number of anilines is 1. The topological polar surface area (TPSA) is 76.3 Å². The van der Waals surface area contributed by atoms with Crippen molar-refractivity contribution >= 4 is 22.6 Å². The smallest absolute Gasteiger partial charge is 0.327 e. The van der Waals surface area contributed by atoms with Gasteiger partial charge in [0, 0.05) is 33.4 Å². The van der Waals surface area contributed by atoms with Crippen LogP contribution in [0.3, 0.4) is 0 Å². The summed E-state index contributed by atoms with van der Waals surface area (Å²) in [6.07, 6.45) is -4.39. The van der Waals surface area contributed by atoms with Crippen LogP contribution in [0.4, 0.5) is 23.7 Å². The SMILES string of the molecule is CC(CN(C)C(=O)Nc1ccc2c(=O)n(C)c(=O)n(C)c2c1)C(F)(F)F. The van der Waals surface area contributed by atoms with Gasteiger partial charge in [-0.05, 0) is 18.2 Å². The van der Waals surface area contributed by atoms with Crippen LogP contribution in [0.25, 0.3) is 10.9 Å². The highest BCUT2D eigenvalue weighted by molar-refractivity contribution is 5.92. The number of halogens is 3. The zero-order chi connectivity index (χ0) is 19.8. The number of aromatic nitrogens is 2. The molecule has 10 heteroatoms. The number of urea groups is 1. The third kappa shape index (κ3) is 3.73. The van der Waals surface area contributed by atoms with Crippen LogP contribution in [0, 0.1) is 5.92 Å². The van der Waals surface area contributed by atoms with Crippen molar-refractivity contribution < 1.29 is 18.0 Å². The number of carbonyl (C=O) groups excluding carboxylic acids is 1. The quantitative estimate of drug-likeness (QED) is 0.894. The van der Waals surface area contributed by atoms with Gasteiger partial charge in [0.15, 0.2) is 0 Å². The lowest BCUT2D eigenvalue weighted by Crippen LogP contribution is -2.39. The number of alkyl halides is 3. The summed E-state index contributed by atoms with van der Waals surface area (Å²) >= 11 is 0. The second-order valence-corrected chi connectivity index (χ2v) is 6.19. The van der Waals surface area contributed by atoms with Crippen LogP contribution in [-0.4, -0.2) is 39.8 Å². The van der Waals surface area contributed by atoms with Crippen LogP contribution in [0.15, 0.2) is 27.8 Å². The van der Waals surface area contributed by atoms with E-state index in [1.54, 1.807) is 0 Å². The molecule has 0 saturated carbocycles. The molecule has 0 fully saturated rings. The van der Waals surface area contributed by atoms with Gasteiger partial charge in [-0.2, -0.15) is 13.2 Å². The molecular formula is C16H19F3N4O3. The lowest BCUT2D eigenvalue weighted by Gasteiger charge is -2.23. The zero-order valence-electron chi connectivity index (χ0n) is 14.7. The lowest BCUT2D eigenvalue weighted by atomic mass is 10.1. The van der Waals surface area contributed by atoms with E-state index in [1.165, 1.54) is 43.9 Å². The van der Waals surface area contributed by atoms with E-state index in [2.05, 4.69) is 5.32 Å². The van der Waals surface area contributed by atoms with Gasteiger partial charge in [-0.15, -0.1) is 0 Å². The largest absolute Gasteiger partial charge is 0.393 e. The first-order valence-electron chi connectivity index (χ1n) is 7.72. The van der Waals surface area contributed by atoms with Gasteiger partial charge in [-0.25, -0.2) is 9.59 Å². The molecule has 1 atom stereocenters. The van der Waals surface area contributed by atoms with Crippen molar-refractivity contribution in [2.75, 3.05) is 18.9 Å². The maximum Gasteiger partial charge on any atom is 0.393 e. The molecule has 0 aliphatic carbocycles. The van der Waals surface area contributed by atoms with E-state index in [0.717, 1.165) is 16.4 Å². The molecular weight excluding hydrogens is 353 g/mol. The first kappa shape index (κ1) is 19.5. The molecule has 2 rings (SSSR count). The molecule has 0 saturated heterocycles. The van der Waals surface area contributed by atoms with E-state index in [4.69, 9.17) is 0 Å². The predicted molar refractivity (Wildman–Crippen MR) is 91.3 cm³/mol. The molecule has 1 heterocycles. The Kier molecular flexibility index (Phi) is 5.15. The minimum absolute atomic E-state index is 0.261. The van der Waals surface area contributed by atoms with Gasteiger partial charge < -0.3 is 10.2 Å². The maximum absolute atomic E-state index is 12.6. The summed E-state index contributed by atoms with van der Waals surface area (Å²) < 4.78 is 40.0. The van der Waals surface area contributed by atoms with E-state index in [1.807, 2.05) is 0 Å². The summed E-state index contributed by atoms with van der Waals surface area (Å²) in [5.41, 5.74) is -0.432. The molecule has 2 amide bonds. The molecule has 1 aromatic heterocycles. The summed E-state index contributed by atoms with van der Waals surface area (Å²) in [5, 5.41) is 2.75. The van der Waals surface area contributed by atoms with Crippen molar-refractivity contribution in [2.45, 2.75) is 13.1 Å². The molecule has 1 unspecified atom stereocenters. The lowest BCUT2D eigenvalue weighted by molar-refractivity contribution is -0.171. The van der Waals surface area contributed by atoms with Crippen molar-refractivity contribution in [3.05, 3.63) is 39.0 Å². The van der Waals surface area contributed by atoms with Crippen LogP contribution in [0.2, 0.25) is 0 Å². The molecule has 26 heavy (non-hydrogen) atoms. The Morgan fingerprint density at radius 2 is 1.85 bits per heavy atom. The molecule has 0 spiro atoms. The van der Waals surface area contributed by atoms with Gasteiger partial charge in [-0.3, -0.25) is 13.9 Å². The van der Waals surface area contributed by atoms with E-state index in [9.17, 15) is 27.6 Å². The third-order valence-corrected chi connectivity index (χ3v) is 4.17. The van der Waals surface area contributed by atoms with Crippen LogP contribution in [0.1, 0.15) is 6.92 Å². The molecule has 7 nitrogen and oxygen atoms in total. The summed E-state index contributed by atoms with van der Waals surface area (Å²) in [6.45, 7) is 0.493.